The molecule has 0 N–H and O–H groups in total. The molecule has 1 heterocycles. The molecule has 0 saturated heterocycles. The summed E-state index contributed by atoms with van der Waals surface area (Å²) in [6.45, 7) is 0.601. The largest absolute Gasteiger partial charge is 0.486 e. The quantitative estimate of drug-likeness (QED) is 0.680. The lowest BCUT2D eigenvalue weighted by Crippen LogP contribution is -2.29. The predicted molar refractivity (Wildman–Crippen MR) is 51.7 cm³/mol. The van der Waals surface area contributed by atoms with E-state index in [0.29, 0.717) is 12.5 Å². The molecule has 0 spiro atoms. The van der Waals surface area contributed by atoms with Crippen molar-refractivity contribution in [2.24, 2.45) is 0 Å². The molecular formula is C10H11ClO2. The average molecular weight is 199 g/mol. The van der Waals surface area contributed by atoms with Crippen LogP contribution in [0.3, 0.4) is 0 Å². The smallest absolute Gasteiger partial charge is 0.161 e. The van der Waals surface area contributed by atoms with Gasteiger partial charge in [-0.05, 0) is 12.1 Å². The van der Waals surface area contributed by atoms with Crippen molar-refractivity contribution in [1.82, 2.24) is 0 Å². The Hall–Kier alpha value is -0.890. The number of alkyl halides is 1. The van der Waals surface area contributed by atoms with E-state index >= 15 is 0 Å². The molecule has 1 aliphatic rings. The van der Waals surface area contributed by atoms with Gasteiger partial charge in [0, 0.05) is 12.3 Å². The third-order valence-corrected chi connectivity index (χ3v) is 2.22. The van der Waals surface area contributed by atoms with Crippen molar-refractivity contribution in [3.05, 3.63) is 24.3 Å². The van der Waals surface area contributed by atoms with Crippen molar-refractivity contribution < 1.29 is 9.47 Å². The summed E-state index contributed by atoms with van der Waals surface area (Å²) in [6, 6.07) is 7.69. The van der Waals surface area contributed by atoms with Crippen LogP contribution in [0.15, 0.2) is 24.3 Å². The van der Waals surface area contributed by atoms with Gasteiger partial charge in [-0.2, -0.15) is 0 Å². The molecule has 1 aromatic carbocycles. The first-order chi connectivity index (χ1) is 6.40. The van der Waals surface area contributed by atoms with Crippen LogP contribution in [0, 0.1) is 0 Å². The van der Waals surface area contributed by atoms with Crippen molar-refractivity contribution in [2.45, 2.75) is 12.5 Å². The Morgan fingerprint density at radius 1 is 1.31 bits per heavy atom. The molecule has 2 rings (SSSR count). The summed E-state index contributed by atoms with van der Waals surface area (Å²) in [7, 11) is 0. The standard InChI is InChI=1S/C10H11ClO2/c11-6-5-8-7-12-9-3-1-2-4-10(9)13-8/h1-4,8H,5-7H2. The number of halogens is 1. The topological polar surface area (TPSA) is 18.5 Å². The van der Waals surface area contributed by atoms with Crippen LogP contribution in [0.2, 0.25) is 0 Å². The van der Waals surface area contributed by atoms with Gasteiger partial charge in [0.2, 0.25) is 0 Å². The van der Waals surface area contributed by atoms with Crippen LogP contribution >= 0.6 is 11.6 Å². The van der Waals surface area contributed by atoms with Gasteiger partial charge in [-0.25, -0.2) is 0 Å². The average Bonchev–Trinajstić information content (AvgIpc) is 2.18. The zero-order valence-corrected chi connectivity index (χ0v) is 7.96. The molecular weight excluding hydrogens is 188 g/mol. The van der Waals surface area contributed by atoms with Crippen LogP contribution in [0.4, 0.5) is 0 Å². The van der Waals surface area contributed by atoms with Gasteiger partial charge >= 0.3 is 0 Å². The predicted octanol–water partition coefficient (Wildman–Crippen LogP) is 2.46. The SMILES string of the molecule is ClCCC1COc2ccccc2O1. The van der Waals surface area contributed by atoms with E-state index in [1.807, 2.05) is 24.3 Å². The highest BCUT2D eigenvalue weighted by Gasteiger charge is 2.19. The summed E-state index contributed by atoms with van der Waals surface area (Å²) >= 11 is 5.63. The number of para-hydroxylation sites is 2. The Morgan fingerprint density at radius 3 is 2.85 bits per heavy atom. The van der Waals surface area contributed by atoms with E-state index in [1.54, 1.807) is 0 Å². The Labute approximate surface area is 82.4 Å². The van der Waals surface area contributed by atoms with E-state index in [0.717, 1.165) is 17.9 Å². The number of hydrogen-bond donors (Lipinski definition) is 0. The van der Waals surface area contributed by atoms with Crippen molar-refractivity contribution in [3.8, 4) is 11.5 Å². The van der Waals surface area contributed by atoms with Gasteiger partial charge in [-0.3, -0.25) is 0 Å². The van der Waals surface area contributed by atoms with E-state index in [-0.39, 0.29) is 6.10 Å². The van der Waals surface area contributed by atoms with Crippen molar-refractivity contribution in [3.63, 3.8) is 0 Å². The number of rotatable bonds is 2. The highest BCUT2D eigenvalue weighted by Crippen LogP contribution is 2.31. The van der Waals surface area contributed by atoms with Crippen LogP contribution in [0.1, 0.15) is 6.42 Å². The van der Waals surface area contributed by atoms with Gasteiger partial charge in [0.15, 0.2) is 11.5 Å². The molecule has 0 bridgehead atoms. The van der Waals surface area contributed by atoms with E-state index in [9.17, 15) is 0 Å². The van der Waals surface area contributed by atoms with Gasteiger partial charge in [0.1, 0.15) is 12.7 Å². The zero-order valence-electron chi connectivity index (χ0n) is 7.20. The van der Waals surface area contributed by atoms with Gasteiger partial charge in [0.25, 0.3) is 0 Å². The lowest BCUT2D eigenvalue weighted by Gasteiger charge is -2.25. The lowest BCUT2D eigenvalue weighted by atomic mass is 10.2. The number of fused-ring (bicyclic) bond motifs is 1. The maximum atomic E-state index is 5.66. The summed E-state index contributed by atoms with van der Waals surface area (Å²) in [6.07, 6.45) is 0.933. The summed E-state index contributed by atoms with van der Waals surface area (Å²) in [5, 5.41) is 0. The fraction of sp³-hybridized carbons (Fsp3) is 0.400. The molecule has 3 heteroatoms. The molecule has 1 unspecified atom stereocenters. The van der Waals surface area contributed by atoms with Crippen LogP contribution in [-0.4, -0.2) is 18.6 Å². The van der Waals surface area contributed by atoms with E-state index in [4.69, 9.17) is 21.1 Å². The first-order valence-corrected chi connectivity index (χ1v) is 4.88. The van der Waals surface area contributed by atoms with Crippen LogP contribution < -0.4 is 9.47 Å². The lowest BCUT2D eigenvalue weighted by molar-refractivity contribution is 0.0890. The highest BCUT2D eigenvalue weighted by atomic mass is 35.5. The molecule has 1 atom stereocenters. The minimum atomic E-state index is 0.104. The Morgan fingerprint density at radius 2 is 2.08 bits per heavy atom. The maximum absolute atomic E-state index is 5.66. The highest BCUT2D eigenvalue weighted by molar-refractivity contribution is 6.17. The van der Waals surface area contributed by atoms with Crippen LogP contribution in [-0.2, 0) is 0 Å². The second kappa shape index (κ2) is 3.88. The molecule has 2 nitrogen and oxygen atoms in total. The van der Waals surface area contributed by atoms with Crippen molar-refractivity contribution in [1.29, 1.82) is 0 Å². The molecule has 13 heavy (non-hydrogen) atoms. The molecule has 0 aliphatic carbocycles. The number of hydrogen-bond acceptors (Lipinski definition) is 2. The van der Waals surface area contributed by atoms with E-state index in [2.05, 4.69) is 0 Å². The number of benzene rings is 1. The molecule has 1 aliphatic heterocycles. The Bertz CT molecular complexity index is 288. The maximum Gasteiger partial charge on any atom is 0.161 e. The Kier molecular flexibility index (Phi) is 2.60. The van der Waals surface area contributed by atoms with Gasteiger partial charge in [-0.1, -0.05) is 12.1 Å². The van der Waals surface area contributed by atoms with Crippen LogP contribution in [0.5, 0.6) is 11.5 Å². The first kappa shape index (κ1) is 8.70. The van der Waals surface area contributed by atoms with Crippen molar-refractivity contribution >= 4 is 11.6 Å². The molecule has 70 valence electrons. The molecule has 0 fully saturated rings. The molecule has 0 aromatic heterocycles. The summed E-state index contributed by atoms with van der Waals surface area (Å²) < 4.78 is 11.2. The van der Waals surface area contributed by atoms with Gasteiger partial charge in [-0.15, -0.1) is 11.6 Å². The van der Waals surface area contributed by atoms with Gasteiger partial charge in [0.05, 0.1) is 0 Å². The second-order valence-electron chi connectivity index (χ2n) is 2.98. The molecule has 0 amide bonds. The molecule has 0 radical (unpaired) electrons. The summed E-state index contributed by atoms with van der Waals surface area (Å²) in [5.74, 6) is 2.26. The summed E-state index contributed by atoms with van der Waals surface area (Å²) in [5.41, 5.74) is 0. The van der Waals surface area contributed by atoms with Gasteiger partial charge < -0.3 is 9.47 Å². The number of ether oxygens (including phenoxy) is 2. The molecule has 1 aromatic rings. The Balaban J connectivity index is 2.11. The monoisotopic (exact) mass is 198 g/mol. The zero-order chi connectivity index (χ0) is 9.10. The molecule has 0 saturated carbocycles. The minimum Gasteiger partial charge on any atom is -0.486 e. The van der Waals surface area contributed by atoms with Crippen molar-refractivity contribution in [2.75, 3.05) is 12.5 Å². The normalized spacial score (nSPS) is 19.9. The second-order valence-corrected chi connectivity index (χ2v) is 3.35. The van der Waals surface area contributed by atoms with E-state index in [1.165, 1.54) is 0 Å². The first-order valence-electron chi connectivity index (χ1n) is 4.34. The third kappa shape index (κ3) is 1.89. The van der Waals surface area contributed by atoms with E-state index < -0.39 is 0 Å². The third-order valence-electron chi connectivity index (χ3n) is 2.00. The minimum absolute atomic E-state index is 0.104. The fourth-order valence-electron chi connectivity index (χ4n) is 1.33. The fourth-order valence-corrected chi connectivity index (χ4v) is 1.57. The van der Waals surface area contributed by atoms with Crippen LogP contribution in [0.25, 0.3) is 0 Å². The summed E-state index contributed by atoms with van der Waals surface area (Å²) in [4.78, 5) is 0.